The average molecular weight is 298 g/mol. The zero-order valence-corrected chi connectivity index (χ0v) is 14.3. The number of hydrogen-bond acceptors (Lipinski definition) is 3. The Morgan fingerprint density at radius 2 is 1.80 bits per heavy atom. The molecule has 0 N–H and O–H groups in total. The highest BCUT2D eigenvalue weighted by Gasteiger charge is 2.04. The van der Waals surface area contributed by atoms with Crippen molar-refractivity contribution in [3.63, 3.8) is 0 Å². The summed E-state index contributed by atoms with van der Waals surface area (Å²) in [6.07, 6.45) is 11.9. The second-order valence-electron chi connectivity index (χ2n) is 6.29. The van der Waals surface area contributed by atoms with Gasteiger partial charge in [0.1, 0.15) is 0 Å². The maximum absolute atomic E-state index is 4.41. The van der Waals surface area contributed by atoms with Gasteiger partial charge in [0.2, 0.25) is 0 Å². The topological polar surface area (TPSA) is 30.7 Å². The first-order chi connectivity index (χ1) is 9.59. The number of nitrogens with zero attached hydrogens (tertiary/aromatic N) is 3. The summed E-state index contributed by atoms with van der Waals surface area (Å²) >= 11 is 4.41. The number of unbranched alkanes of at least 4 members (excludes halogenated alkanes) is 3. The zero-order chi connectivity index (χ0) is 14.8. The van der Waals surface area contributed by atoms with Crippen molar-refractivity contribution in [1.29, 1.82) is 0 Å². The normalized spacial score (nSPS) is 13.1. The Hall–Kier alpha value is -0.510. The van der Waals surface area contributed by atoms with E-state index in [0.29, 0.717) is 5.25 Å². The minimum absolute atomic E-state index is 0.540. The summed E-state index contributed by atoms with van der Waals surface area (Å²) in [7, 11) is 0. The lowest BCUT2D eigenvalue weighted by Crippen LogP contribution is -2.06. The highest BCUT2D eigenvalue weighted by molar-refractivity contribution is 7.80. The maximum Gasteiger partial charge on any atom is 0.0725 e. The van der Waals surface area contributed by atoms with Gasteiger partial charge in [-0.3, -0.25) is 0 Å². The first-order valence-electron chi connectivity index (χ1n) is 8.15. The molecule has 0 unspecified atom stereocenters. The predicted molar refractivity (Wildman–Crippen MR) is 89.3 cm³/mol. The van der Waals surface area contributed by atoms with Crippen LogP contribution in [0.15, 0.2) is 6.20 Å². The molecule has 1 atom stereocenters. The molecule has 0 fully saturated rings. The van der Waals surface area contributed by atoms with E-state index in [2.05, 4.69) is 48.4 Å². The van der Waals surface area contributed by atoms with Crippen molar-refractivity contribution in [2.45, 2.75) is 83.9 Å². The quantitative estimate of drug-likeness (QED) is 0.480. The van der Waals surface area contributed by atoms with Crippen molar-refractivity contribution in [2.24, 2.45) is 5.92 Å². The van der Waals surface area contributed by atoms with E-state index in [1.165, 1.54) is 50.6 Å². The molecule has 0 radical (unpaired) electrons. The molecule has 0 saturated carbocycles. The van der Waals surface area contributed by atoms with Crippen molar-refractivity contribution >= 4 is 12.6 Å². The summed E-state index contributed by atoms with van der Waals surface area (Å²) in [5.74, 6) is 0.786. The van der Waals surface area contributed by atoms with Gasteiger partial charge in [0, 0.05) is 6.54 Å². The van der Waals surface area contributed by atoms with E-state index in [9.17, 15) is 0 Å². The van der Waals surface area contributed by atoms with Gasteiger partial charge in [-0.2, -0.15) is 12.6 Å². The Bertz CT molecular complexity index is 347. The van der Waals surface area contributed by atoms with Crippen molar-refractivity contribution in [1.82, 2.24) is 15.0 Å². The van der Waals surface area contributed by atoms with Gasteiger partial charge in [-0.25, -0.2) is 4.68 Å². The Balaban J connectivity index is 2.15. The summed E-state index contributed by atoms with van der Waals surface area (Å²) in [6.45, 7) is 7.75. The summed E-state index contributed by atoms with van der Waals surface area (Å²) in [6, 6.07) is 0. The van der Waals surface area contributed by atoms with Crippen LogP contribution in [0.5, 0.6) is 0 Å². The van der Waals surface area contributed by atoms with Crippen molar-refractivity contribution in [3.8, 4) is 0 Å². The van der Waals surface area contributed by atoms with E-state index in [1.54, 1.807) is 0 Å². The van der Waals surface area contributed by atoms with E-state index < -0.39 is 0 Å². The molecule has 0 aliphatic rings. The lowest BCUT2D eigenvalue weighted by molar-refractivity contribution is 0.491. The third-order valence-corrected chi connectivity index (χ3v) is 3.91. The van der Waals surface area contributed by atoms with Crippen LogP contribution in [0.25, 0.3) is 0 Å². The van der Waals surface area contributed by atoms with Crippen LogP contribution in [-0.4, -0.2) is 20.2 Å². The van der Waals surface area contributed by atoms with Gasteiger partial charge in [0.05, 0.1) is 11.9 Å². The lowest BCUT2D eigenvalue weighted by atomic mass is 10.1. The van der Waals surface area contributed by atoms with Crippen molar-refractivity contribution in [3.05, 3.63) is 11.9 Å². The van der Waals surface area contributed by atoms with Crippen LogP contribution in [0.3, 0.4) is 0 Å². The van der Waals surface area contributed by atoms with Crippen LogP contribution in [0.4, 0.5) is 0 Å². The van der Waals surface area contributed by atoms with Gasteiger partial charge in [-0.1, -0.05) is 51.7 Å². The van der Waals surface area contributed by atoms with Crippen LogP contribution in [0.1, 0.15) is 71.4 Å². The molecule has 20 heavy (non-hydrogen) atoms. The molecule has 4 heteroatoms. The minimum atomic E-state index is 0.540. The van der Waals surface area contributed by atoms with Crippen molar-refractivity contribution < 1.29 is 0 Å². The molecule has 1 heterocycles. The van der Waals surface area contributed by atoms with Crippen LogP contribution >= 0.6 is 12.6 Å². The Labute approximate surface area is 129 Å². The van der Waals surface area contributed by atoms with Gasteiger partial charge < -0.3 is 0 Å². The van der Waals surface area contributed by atoms with E-state index in [1.807, 2.05) is 6.20 Å². The molecular weight excluding hydrogens is 266 g/mol. The van der Waals surface area contributed by atoms with E-state index in [0.717, 1.165) is 18.9 Å². The van der Waals surface area contributed by atoms with E-state index >= 15 is 0 Å². The third kappa shape index (κ3) is 7.93. The van der Waals surface area contributed by atoms with E-state index in [-0.39, 0.29) is 0 Å². The Morgan fingerprint density at radius 3 is 2.50 bits per heavy atom. The SMILES string of the molecule is CC(C)CCCc1cnnn1CCCCCC[C@@H](C)S. The zero-order valence-electron chi connectivity index (χ0n) is 13.4. The molecule has 1 rings (SSSR count). The molecule has 0 bridgehead atoms. The second-order valence-corrected chi connectivity index (χ2v) is 7.17. The fourth-order valence-electron chi connectivity index (χ4n) is 2.41. The molecule has 0 aromatic carbocycles. The Morgan fingerprint density at radius 1 is 1.05 bits per heavy atom. The smallest absolute Gasteiger partial charge is 0.0725 e. The number of hydrogen-bond donors (Lipinski definition) is 1. The maximum atomic E-state index is 4.41. The van der Waals surface area contributed by atoms with Crippen molar-refractivity contribution in [2.75, 3.05) is 0 Å². The average Bonchev–Trinajstić information content (AvgIpc) is 2.80. The molecular formula is C16H31N3S. The molecule has 0 amide bonds. The highest BCUT2D eigenvalue weighted by Crippen LogP contribution is 2.12. The fourth-order valence-corrected chi connectivity index (χ4v) is 2.59. The van der Waals surface area contributed by atoms with Crippen LogP contribution < -0.4 is 0 Å². The monoisotopic (exact) mass is 297 g/mol. The van der Waals surface area contributed by atoms with Gasteiger partial charge in [-0.05, 0) is 36.9 Å². The molecule has 0 aliphatic carbocycles. The minimum Gasteiger partial charge on any atom is -0.249 e. The molecule has 1 aromatic heterocycles. The second kappa shape index (κ2) is 10.3. The third-order valence-electron chi connectivity index (χ3n) is 3.65. The van der Waals surface area contributed by atoms with Crippen LogP contribution in [0.2, 0.25) is 0 Å². The fraction of sp³-hybridized carbons (Fsp3) is 0.875. The summed E-state index contributed by atoms with van der Waals surface area (Å²) < 4.78 is 2.10. The molecule has 1 aromatic rings. The summed E-state index contributed by atoms with van der Waals surface area (Å²) in [5, 5.41) is 8.82. The largest absolute Gasteiger partial charge is 0.249 e. The predicted octanol–water partition coefficient (Wildman–Crippen LogP) is 4.53. The highest BCUT2D eigenvalue weighted by atomic mass is 32.1. The number of rotatable bonds is 11. The summed E-state index contributed by atoms with van der Waals surface area (Å²) in [4.78, 5) is 0. The Kier molecular flexibility index (Phi) is 8.99. The molecule has 3 nitrogen and oxygen atoms in total. The lowest BCUT2D eigenvalue weighted by Gasteiger charge is -2.08. The van der Waals surface area contributed by atoms with E-state index in [4.69, 9.17) is 0 Å². The molecule has 0 saturated heterocycles. The first kappa shape index (κ1) is 17.5. The number of aryl methyl sites for hydroxylation is 2. The van der Waals surface area contributed by atoms with Gasteiger partial charge in [0.25, 0.3) is 0 Å². The molecule has 0 aliphatic heterocycles. The van der Waals surface area contributed by atoms with Gasteiger partial charge in [-0.15, -0.1) is 5.10 Å². The number of thiol groups is 1. The first-order valence-corrected chi connectivity index (χ1v) is 8.66. The standard InChI is InChI=1S/C16H31N3S/c1-14(2)9-8-11-16-13-17-18-19(16)12-7-5-4-6-10-15(3)20/h13-15,20H,4-12H2,1-3H3/t15-/m1/s1. The van der Waals surface area contributed by atoms with Gasteiger partial charge >= 0.3 is 0 Å². The summed E-state index contributed by atoms with van der Waals surface area (Å²) in [5.41, 5.74) is 1.30. The van der Waals surface area contributed by atoms with Crippen LogP contribution in [-0.2, 0) is 13.0 Å². The molecule has 0 spiro atoms. The molecule has 116 valence electrons. The van der Waals surface area contributed by atoms with Gasteiger partial charge in [0.15, 0.2) is 0 Å². The van der Waals surface area contributed by atoms with Crippen LogP contribution in [0, 0.1) is 5.92 Å². The number of aromatic nitrogens is 3.